The lowest BCUT2D eigenvalue weighted by Crippen LogP contribution is -2.36. The summed E-state index contributed by atoms with van der Waals surface area (Å²) in [6.07, 6.45) is 3.81. The summed E-state index contributed by atoms with van der Waals surface area (Å²) in [4.78, 5) is 29.3. The molecule has 0 fully saturated rings. The van der Waals surface area contributed by atoms with Crippen LogP contribution in [0.1, 0.15) is 32.3 Å². The summed E-state index contributed by atoms with van der Waals surface area (Å²) in [6, 6.07) is 3.50. The zero-order valence-corrected chi connectivity index (χ0v) is 13.8. The topological polar surface area (TPSA) is 85.5 Å². The summed E-state index contributed by atoms with van der Waals surface area (Å²) in [5, 5.41) is 0. The Hall–Kier alpha value is -1.66. The van der Waals surface area contributed by atoms with Gasteiger partial charge in [-0.3, -0.25) is 14.6 Å². The molecule has 1 amide bonds. The molecule has 0 aliphatic rings. The third-order valence-electron chi connectivity index (χ3n) is 2.84. The number of rotatable bonds is 8. The van der Waals surface area contributed by atoms with Crippen molar-refractivity contribution in [2.45, 2.75) is 39.3 Å². The fourth-order valence-electron chi connectivity index (χ4n) is 1.87. The van der Waals surface area contributed by atoms with Gasteiger partial charge in [0.2, 0.25) is 5.91 Å². The Bertz CT molecular complexity index is 455. The molecule has 1 rings (SSSR count). The third-order valence-corrected chi connectivity index (χ3v) is 2.84. The van der Waals surface area contributed by atoms with Crippen LogP contribution in [0, 0.1) is 0 Å². The zero-order valence-electron chi connectivity index (χ0n) is 13.0. The minimum atomic E-state index is -0.303. The molecule has 1 aromatic rings. The van der Waals surface area contributed by atoms with Gasteiger partial charge >= 0.3 is 5.97 Å². The van der Waals surface area contributed by atoms with Gasteiger partial charge in [-0.15, -0.1) is 12.4 Å². The summed E-state index contributed by atoms with van der Waals surface area (Å²) in [5.41, 5.74) is 6.59. The Morgan fingerprint density at radius 3 is 2.73 bits per heavy atom. The number of esters is 1. The molecule has 1 atom stereocenters. The van der Waals surface area contributed by atoms with Crippen LogP contribution in [0.25, 0.3) is 0 Å². The number of carbonyl (C=O) groups is 2. The lowest BCUT2D eigenvalue weighted by Gasteiger charge is -2.23. The van der Waals surface area contributed by atoms with E-state index in [0.29, 0.717) is 19.7 Å². The van der Waals surface area contributed by atoms with Crippen molar-refractivity contribution < 1.29 is 14.3 Å². The van der Waals surface area contributed by atoms with Gasteiger partial charge in [-0.05, 0) is 25.5 Å². The molecular weight excluding hydrogens is 306 g/mol. The fraction of sp³-hybridized carbons (Fsp3) is 0.533. The molecule has 1 heterocycles. The second-order valence-electron chi connectivity index (χ2n) is 4.91. The molecule has 0 bridgehead atoms. The lowest BCUT2D eigenvalue weighted by molar-refractivity contribution is -0.144. The molecule has 0 aliphatic carbocycles. The summed E-state index contributed by atoms with van der Waals surface area (Å²) in [7, 11) is 0. The van der Waals surface area contributed by atoms with Crippen LogP contribution in [-0.2, 0) is 20.9 Å². The summed E-state index contributed by atoms with van der Waals surface area (Å²) >= 11 is 0. The van der Waals surface area contributed by atoms with E-state index in [9.17, 15) is 9.59 Å². The molecule has 0 aromatic carbocycles. The molecule has 124 valence electrons. The van der Waals surface area contributed by atoms with Gasteiger partial charge in [0.1, 0.15) is 0 Å². The number of nitrogens with zero attached hydrogens (tertiary/aromatic N) is 2. The number of carbonyl (C=O) groups excluding carboxylic acids is 2. The van der Waals surface area contributed by atoms with E-state index in [1.807, 2.05) is 12.1 Å². The molecule has 6 nitrogen and oxygen atoms in total. The van der Waals surface area contributed by atoms with E-state index in [-0.39, 0.29) is 43.2 Å². The van der Waals surface area contributed by atoms with Crippen molar-refractivity contribution in [1.29, 1.82) is 0 Å². The van der Waals surface area contributed by atoms with Crippen LogP contribution in [-0.4, -0.2) is 41.0 Å². The minimum Gasteiger partial charge on any atom is -0.466 e. The maximum absolute atomic E-state index is 12.2. The Balaban J connectivity index is 0.00000441. The first-order valence-electron chi connectivity index (χ1n) is 7.10. The second kappa shape index (κ2) is 11.0. The van der Waals surface area contributed by atoms with Gasteiger partial charge in [-0.25, -0.2) is 0 Å². The molecule has 0 aliphatic heterocycles. The van der Waals surface area contributed by atoms with Crippen LogP contribution >= 0.6 is 12.4 Å². The van der Waals surface area contributed by atoms with E-state index in [2.05, 4.69) is 4.98 Å². The average Bonchev–Trinajstić information content (AvgIpc) is 2.44. The van der Waals surface area contributed by atoms with Crippen LogP contribution in [0.15, 0.2) is 24.5 Å². The second-order valence-corrected chi connectivity index (χ2v) is 4.91. The Morgan fingerprint density at radius 1 is 1.45 bits per heavy atom. The van der Waals surface area contributed by atoms with Crippen LogP contribution in [0.4, 0.5) is 0 Å². The zero-order chi connectivity index (χ0) is 15.7. The third kappa shape index (κ3) is 7.95. The van der Waals surface area contributed by atoms with E-state index in [0.717, 1.165) is 5.56 Å². The molecule has 22 heavy (non-hydrogen) atoms. The van der Waals surface area contributed by atoms with Crippen LogP contribution < -0.4 is 5.73 Å². The number of pyridine rings is 1. The summed E-state index contributed by atoms with van der Waals surface area (Å²) in [6.45, 7) is 4.62. The molecule has 2 N–H and O–H groups in total. The maximum Gasteiger partial charge on any atom is 0.307 e. The largest absolute Gasteiger partial charge is 0.466 e. The Kier molecular flexibility index (Phi) is 10.2. The highest BCUT2D eigenvalue weighted by molar-refractivity contribution is 5.85. The molecule has 0 radical (unpaired) electrons. The van der Waals surface area contributed by atoms with Gasteiger partial charge < -0.3 is 15.4 Å². The van der Waals surface area contributed by atoms with Crippen molar-refractivity contribution >= 4 is 24.3 Å². The van der Waals surface area contributed by atoms with Crippen LogP contribution in [0.3, 0.4) is 0 Å². The summed E-state index contributed by atoms with van der Waals surface area (Å²) < 4.78 is 4.89. The fourth-order valence-corrected chi connectivity index (χ4v) is 1.87. The number of amides is 1. The summed E-state index contributed by atoms with van der Waals surface area (Å²) in [5.74, 6) is -0.375. The minimum absolute atomic E-state index is 0. The normalized spacial score (nSPS) is 11.2. The van der Waals surface area contributed by atoms with Crippen molar-refractivity contribution in [3.05, 3.63) is 30.1 Å². The number of ether oxygens (including phenoxy) is 1. The first-order chi connectivity index (χ1) is 10.0. The lowest BCUT2D eigenvalue weighted by atomic mass is 10.2. The van der Waals surface area contributed by atoms with Crippen molar-refractivity contribution in [3.63, 3.8) is 0 Å². The molecule has 1 aromatic heterocycles. The standard InChI is InChI=1S/C15H23N3O3.ClH/c1-3-21-15(20)6-8-18(14(19)9-12(2)16)11-13-5-4-7-17-10-13;/h4-5,7,10,12H,3,6,8-9,11,16H2,1-2H3;1H. The number of nitrogens with two attached hydrogens (primary N) is 1. The van der Waals surface area contributed by atoms with E-state index in [1.54, 1.807) is 31.1 Å². The molecular formula is C15H24ClN3O3. The Morgan fingerprint density at radius 2 is 2.18 bits per heavy atom. The highest BCUT2D eigenvalue weighted by atomic mass is 35.5. The van der Waals surface area contributed by atoms with Gasteiger partial charge in [0.05, 0.1) is 13.0 Å². The number of halogens is 1. The smallest absolute Gasteiger partial charge is 0.307 e. The molecule has 7 heteroatoms. The molecule has 0 spiro atoms. The van der Waals surface area contributed by atoms with Gasteiger partial charge in [0.15, 0.2) is 0 Å². The van der Waals surface area contributed by atoms with E-state index in [1.165, 1.54) is 0 Å². The highest BCUT2D eigenvalue weighted by Gasteiger charge is 2.17. The van der Waals surface area contributed by atoms with Crippen LogP contribution in [0.5, 0.6) is 0 Å². The predicted octanol–water partition coefficient (Wildman–Crippen LogP) is 1.52. The highest BCUT2D eigenvalue weighted by Crippen LogP contribution is 2.07. The van der Waals surface area contributed by atoms with E-state index >= 15 is 0 Å². The molecule has 0 saturated heterocycles. The van der Waals surface area contributed by atoms with Crippen LogP contribution in [0.2, 0.25) is 0 Å². The molecule has 1 unspecified atom stereocenters. The number of aromatic nitrogens is 1. The monoisotopic (exact) mass is 329 g/mol. The first-order valence-corrected chi connectivity index (χ1v) is 7.10. The SMILES string of the molecule is CCOC(=O)CCN(Cc1cccnc1)C(=O)CC(C)N.Cl. The van der Waals surface area contributed by atoms with Gasteiger partial charge in [-0.1, -0.05) is 6.07 Å². The van der Waals surface area contributed by atoms with Gasteiger partial charge in [0.25, 0.3) is 0 Å². The number of hydrogen-bond acceptors (Lipinski definition) is 5. The number of hydrogen-bond donors (Lipinski definition) is 1. The van der Waals surface area contributed by atoms with Gasteiger partial charge in [-0.2, -0.15) is 0 Å². The molecule has 0 saturated carbocycles. The van der Waals surface area contributed by atoms with E-state index < -0.39 is 0 Å². The van der Waals surface area contributed by atoms with Crippen molar-refractivity contribution in [2.75, 3.05) is 13.2 Å². The van der Waals surface area contributed by atoms with Crippen molar-refractivity contribution in [2.24, 2.45) is 5.73 Å². The van der Waals surface area contributed by atoms with Crippen molar-refractivity contribution in [3.8, 4) is 0 Å². The maximum atomic E-state index is 12.2. The predicted molar refractivity (Wildman–Crippen MR) is 86.4 cm³/mol. The quantitative estimate of drug-likeness (QED) is 0.731. The van der Waals surface area contributed by atoms with Gasteiger partial charge in [0, 0.05) is 37.9 Å². The van der Waals surface area contributed by atoms with Crippen molar-refractivity contribution in [1.82, 2.24) is 9.88 Å². The van der Waals surface area contributed by atoms with E-state index in [4.69, 9.17) is 10.5 Å². The average molecular weight is 330 g/mol. The first kappa shape index (κ1) is 20.3. The Labute approximate surface area is 137 Å².